The van der Waals surface area contributed by atoms with Gasteiger partial charge in [0.25, 0.3) is 0 Å². The summed E-state index contributed by atoms with van der Waals surface area (Å²) < 4.78 is 7.49. The van der Waals surface area contributed by atoms with Crippen molar-refractivity contribution in [3.63, 3.8) is 0 Å². The smallest absolute Gasteiger partial charge is 0.336 e. The molecule has 0 aromatic carbocycles. The number of ether oxygens (including phenoxy) is 1. The molecule has 2 N–H and O–H groups in total. The average molecular weight is 396 g/mol. The summed E-state index contributed by atoms with van der Waals surface area (Å²) in [5.41, 5.74) is 9.87. The maximum atomic E-state index is 6.08. The zero-order valence-corrected chi connectivity index (χ0v) is 17.4. The van der Waals surface area contributed by atoms with Gasteiger partial charge in [0, 0.05) is 25.7 Å². The number of hydrogen-bond acceptors (Lipinski definition) is 7. The summed E-state index contributed by atoms with van der Waals surface area (Å²) in [6.07, 6.45) is 9.10. The van der Waals surface area contributed by atoms with Gasteiger partial charge in [-0.25, -0.2) is 14.5 Å². The minimum Gasteiger partial charge on any atom is -0.459 e. The number of piperidine rings is 1. The Balaban J connectivity index is 1.59. The van der Waals surface area contributed by atoms with Crippen molar-refractivity contribution in [2.75, 3.05) is 23.7 Å². The molecule has 0 bridgehead atoms. The van der Waals surface area contributed by atoms with E-state index in [9.17, 15) is 0 Å². The predicted octanol–water partition coefficient (Wildman–Crippen LogP) is 3.17. The summed E-state index contributed by atoms with van der Waals surface area (Å²) in [7, 11) is 0. The van der Waals surface area contributed by atoms with Crippen molar-refractivity contribution in [2.24, 2.45) is 0 Å². The van der Waals surface area contributed by atoms with Crippen molar-refractivity contribution < 1.29 is 4.74 Å². The van der Waals surface area contributed by atoms with Gasteiger partial charge in [-0.3, -0.25) is 0 Å². The first kappa shape index (κ1) is 19.4. The number of nitrogen functional groups attached to an aromatic ring is 1. The third-order valence-corrected chi connectivity index (χ3v) is 5.47. The zero-order valence-electron chi connectivity index (χ0n) is 17.4. The normalized spacial score (nSPS) is 15.6. The summed E-state index contributed by atoms with van der Waals surface area (Å²) in [5, 5.41) is 4.51. The van der Waals surface area contributed by atoms with E-state index < -0.39 is 0 Å². The summed E-state index contributed by atoms with van der Waals surface area (Å²) >= 11 is 0. The Morgan fingerprint density at radius 3 is 2.69 bits per heavy atom. The molecular weight excluding hydrogens is 366 g/mol. The lowest BCUT2D eigenvalue weighted by Crippen LogP contribution is -2.30. The van der Waals surface area contributed by atoms with Crippen LogP contribution in [-0.4, -0.2) is 43.8 Å². The van der Waals surface area contributed by atoms with Gasteiger partial charge in [-0.15, -0.1) is 5.10 Å². The topological polar surface area (TPSA) is 94.5 Å². The van der Waals surface area contributed by atoms with Crippen LogP contribution in [0, 0.1) is 6.92 Å². The molecule has 0 radical (unpaired) electrons. The van der Waals surface area contributed by atoms with E-state index in [4.69, 9.17) is 15.5 Å². The number of nitrogens with two attached hydrogens (primary N) is 1. The Kier molecular flexibility index (Phi) is 5.51. The Morgan fingerprint density at radius 1 is 1.17 bits per heavy atom. The van der Waals surface area contributed by atoms with Crippen molar-refractivity contribution in [2.45, 2.75) is 59.0 Å². The number of anilines is 2. The Labute approximate surface area is 171 Å². The maximum absolute atomic E-state index is 6.08. The van der Waals surface area contributed by atoms with E-state index in [1.165, 1.54) is 24.8 Å². The molecule has 0 amide bonds. The number of pyridine rings is 1. The second kappa shape index (κ2) is 8.23. The molecule has 0 spiro atoms. The molecule has 1 atom stereocenters. The quantitative estimate of drug-likeness (QED) is 0.685. The molecule has 1 aliphatic heterocycles. The van der Waals surface area contributed by atoms with Crippen LogP contribution >= 0.6 is 0 Å². The number of aryl methyl sites for hydroxylation is 1. The monoisotopic (exact) mass is 395 g/mol. The molecule has 1 fully saturated rings. The van der Waals surface area contributed by atoms with E-state index >= 15 is 0 Å². The van der Waals surface area contributed by atoms with E-state index in [-0.39, 0.29) is 12.1 Å². The fourth-order valence-corrected chi connectivity index (χ4v) is 3.73. The molecule has 4 rings (SSSR count). The Bertz CT molecular complexity index is 994. The van der Waals surface area contributed by atoms with Gasteiger partial charge in [0.15, 0.2) is 11.5 Å². The van der Waals surface area contributed by atoms with Crippen molar-refractivity contribution >= 4 is 17.3 Å². The molecule has 3 aromatic rings. The molecular formula is C21H29N7O. The molecule has 1 saturated heterocycles. The SMILES string of the molecule is CC[C@@H](C)Oc1nc(N)c2ncc(Cc3cnc(N4CCCCC4)c(C)c3)n2n1. The summed E-state index contributed by atoms with van der Waals surface area (Å²) in [5.74, 6) is 1.42. The second-order valence-electron chi connectivity index (χ2n) is 7.81. The van der Waals surface area contributed by atoms with Gasteiger partial charge in [-0.05, 0) is 50.7 Å². The average Bonchev–Trinajstić information content (AvgIpc) is 3.12. The number of hydrogen-bond donors (Lipinski definition) is 1. The lowest BCUT2D eigenvalue weighted by Gasteiger charge is -2.29. The molecule has 3 aromatic heterocycles. The van der Waals surface area contributed by atoms with Crippen LogP contribution in [0.3, 0.4) is 0 Å². The van der Waals surface area contributed by atoms with Crippen LogP contribution in [0.5, 0.6) is 6.01 Å². The predicted molar refractivity (Wildman–Crippen MR) is 113 cm³/mol. The van der Waals surface area contributed by atoms with Gasteiger partial charge in [-0.1, -0.05) is 13.0 Å². The van der Waals surface area contributed by atoms with E-state index in [0.717, 1.165) is 36.6 Å². The van der Waals surface area contributed by atoms with Gasteiger partial charge in [0.1, 0.15) is 5.82 Å². The van der Waals surface area contributed by atoms with E-state index in [1.807, 2.05) is 13.1 Å². The lowest BCUT2D eigenvalue weighted by molar-refractivity contribution is 0.196. The Morgan fingerprint density at radius 2 is 1.97 bits per heavy atom. The molecule has 0 saturated carbocycles. The first-order valence-electron chi connectivity index (χ1n) is 10.4. The van der Waals surface area contributed by atoms with Crippen LogP contribution < -0.4 is 15.4 Å². The minimum absolute atomic E-state index is 0.0213. The number of nitrogens with zero attached hydrogens (tertiary/aromatic N) is 6. The standard InChI is InChI=1S/C21H29N7O/c1-4-15(3)29-21-25-18(22)20-24-13-17(28(20)26-21)11-16-10-14(2)19(23-12-16)27-8-6-5-7-9-27/h10,12-13,15H,4-9,11H2,1-3H3,(H2,22,25,26)/t15-/m1/s1. The van der Waals surface area contributed by atoms with Crippen LogP contribution in [-0.2, 0) is 6.42 Å². The van der Waals surface area contributed by atoms with E-state index in [0.29, 0.717) is 17.9 Å². The molecule has 1 aliphatic rings. The molecule has 4 heterocycles. The molecule has 0 aliphatic carbocycles. The second-order valence-corrected chi connectivity index (χ2v) is 7.81. The van der Waals surface area contributed by atoms with Crippen LogP contribution in [0.25, 0.3) is 5.65 Å². The van der Waals surface area contributed by atoms with Crippen molar-refractivity contribution in [1.29, 1.82) is 0 Å². The fourth-order valence-electron chi connectivity index (χ4n) is 3.73. The molecule has 0 unspecified atom stereocenters. The van der Waals surface area contributed by atoms with Crippen LogP contribution in [0.15, 0.2) is 18.5 Å². The third kappa shape index (κ3) is 4.11. The van der Waals surface area contributed by atoms with Crippen molar-refractivity contribution in [1.82, 2.24) is 24.6 Å². The summed E-state index contributed by atoms with van der Waals surface area (Å²) in [4.78, 5) is 15.8. The third-order valence-electron chi connectivity index (χ3n) is 5.47. The van der Waals surface area contributed by atoms with E-state index in [1.54, 1.807) is 10.7 Å². The molecule has 154 valence electrons. The maximum Gasteiger partial charge on any atom is 0.336 e. The van der Waals surface area contributed by atoms with Gasteiger partial charge in [0.05, 0.1) is 18.0 Å². The number of aromatic nitrogens is 5. The first-order valence-corrected chi connectivity index (χ1v) is 10.4. The van der Waals surface area contributed by atoms with E-state index in [2.05, 4.69) is 39.9 Å². The summed E-state index contributed by atoms with van der Waals surface area (Å²) in [6, 6.07) is 2.48. The minimum atomic E-state index is 0.0213. The molecule has 8 nitrogen and oxygen atoms in total. The van der Waals surface area contributed by atoms with Gasteiger partial charge < -0.3 is 15.4 Å². The number of rotatable bonds is 6. The largest absolute Gasteiger partial charge is 0.459 e. The first-order chi connectivity index (χ1) is 14.0. The Hall–Kier alpha value is -2.90. The van der Waals surface area contributed by atoms with Gasteiger partial charge >= 0.3 is 6.01 Å². The summed E-state index contributed by atoms with van der Waals surface area (Å²) in [6.45, 7) is 8.35. The highest BCUT2D eigenvalue weighted by atomic mass is 16.5. The lowest BCUT2D eigenvalue weighted by atomic mass is 10.1. The van der Waals surface area contributed by atoms with Gasteiger partial charge in [0.2, 0.25) is 0 Å². The van der Waals surface area contributed by atoms with Crippen molar-refractivity contribution in [3.05, 3.63) is 35.3 Å². The zero-order chi connectivity index (χ0) is 20.4. The fraction of sp³-hybridized carbons (Fsp3) is 0.524. The molecule has 29 heavy (non-hydrogen) atoms. The highest BCUT2D eigenvalue weighted by molar-refractivity contribution is 5.60. The molecule has 8 heteroatoms. The van der Waals surface area contributed by atoms with Crippen LogP contribution in [0.4, 0.5) is 11.6 Å². The number of fused-ring (bicyclic) bond motifs is 1. The highest BCUT2D eigenvalue weighted by Gasteiger charge is 2.16. The van der Waals surface area contributed by atoms with Crippen LogP contribution in [0.2, 0.25) is 0 Å². The van der Waals surface area contributed by atoms with Crippen LogP contribution in [0.1, 0.15) is 56.4 Å². The number of imidazole rings is 1. The highest BCUT2D eigenvalue weighted by Crippen LogP contribution is 2.23. The van der Waals surface area contributed by atoms with Crippen molar-refractivity contribution in [3.8, 4) is 6.01 Å². The van der Waals surface area contributed by atoms with Gasteiger partial charge in [-0.2, -0.15) is 4.98 Å².